The van der Waals surface area contributed by atoms with Gasteiger partial charge in [-0.2, -0.15) is 5.10 Å². The molecule has 1 N–H and O–H groups in total. The van der Waals surface area contributed by atoms with Crippen LogP contribution in [0.15, 0.2) is 12.3 Å². The average molecular weight is 207 g/mol. The molecule has 3 heteroatoms. The summed E-state index contributed by atoms with van der Waals surface area (Å²) in [6, 6.07) is 2.08. The molecule has 0 aromatic carbocycles. The Labute approximate surface area is 91.9 Å². The summed E-state index contributed by atoms with van der Waals surface area (Å²) < 4.78 is 1.86. The van der Waals surface area contributed by atoms with Gasteiger partial charge in [0.05, 0.1) is 5.69 Å². The van der Waals surface area contributed by atoms with Gasteiger partial charge in [-0.3, -0.25) is 4.68 Å². The van der Waals surface area contributed by atoms with Crippen molar-refractivity contribution in [1.29, 1.82) is 0 Å². The molecule has 0 spiro atoms. The molecule has 1 aliphatic rings. The Balaban J connectivity index is 1.74. The van der Waals surface area contributed by atoms with Crippen LogP contribution >= 0.6 is 0 Å². The zero-order chi connectivity index (χ0) is 10.7. The van der Waals surface area contributed by atoms with Gasteiger partial charge in [0, 0.05) is 26.3 Å². The minimum atomic E-state index is 0.606. The van der Waals surface area contributed by atoms with Crippen molar-refractivity contribution >= 4 is 0 Å². The monoisotopic (exact) mass is 207 g/mol. The summed E-state index contributed by atoms with van der Waals surface area (Å²) in [6.07, 6.45) is 7.52. The molecular formula is C12H21N3. The third kappa shape index (κ3) is 2.40. The lowest BCUT2D eigenvalue weighted by atomic mass is 9.67. The van der Waals surface area contributed by atoms with E-state index in [2.05, 4.69) is 23.4 Å². The number of nitrogens with one attached hydrogen (secondary N) is 1. The standard InChI is InChI=1S/C12H21N3/c1-3-12(6-4-7-12)10-13-9-11-5-8-15(2)14-11/h5,8,13H,3-4,6-7,9-10H2,1-2H3. The van der Waals surface area contributed by atoms with Gasteiger partial charge in [0.25, 0.3) is 0 Å². The van der Waals surface area contributed by atoms with Crippen molar-refractivity contribution in [2.24, 2.45) is 12.5 Å². The van der Waals surface area contributed by atoms with E-state index in [-0.39, 0.29) is 0 Å². The Bertz CT molecular complexity index is 307. The van der Waals surface area contributed by atoms with Crippen LogP contribution in [0, 0.1) is 5.41 Å². The minimum Gasteiger partial charge on any atom is -0.311 e. The van der Waals surface area contributed by atoms with Crippen molar-refractivity contribution in [3.8, 4) is 0 Å². The fourth-order valence-corrected chi connectivity index (χ4v) is 2.35. The van der Waals surface area contributed by atoms with Crippen molar-refractivity contribution in [2.45, 2.75) is 39.2 Å². The molecule has 1 saturated carbocycles. The highest BCUT2D eigenvalue weighted by atomic mass is 15.3. The smallest absolute Gasteiger partial charge is 0.0762 e. The van der Waals surface area contributed by atoms with Gasteiger partial charge in [0.2, 0.25) is 0 Å². The molecule has 3 nitrogen and oxygen atoms in total. The highest BCUT2D eigenvalue weighted by Crippen LogP contribution is 2.42. The molecule has 0 unspecified atom stereocenters. The summed E-state index contributed by atoms with van der Waals surface area (Å²) in [4.78, 5) is 0. The summed E-state index contributed by atoms with van der Waals surface area (Å²) in [6.45, 7) is 4.37. The highest BCUT2D eigenvalue weighted by Gasteiger charge is 2.34. The van der Waals surface area contributed by atoms with E-state index in [0.717, 1.165) is 18.8 Å². The lowest BCUT2D eigenvalue weighted by Crippen LogP contribution is -2.39. The van der Waals surface area contributed by atoms with Crippen LogP contribution in [0.5, 0.6) is 0 Å². The molecule has 0 bridgehead atoms. The van der Waals surface area contributed by atoms with Gasteiger partial charge in [-0.05, 0) is 30.7 Å². The lowest BCUT2D eigenvalue weighted by molar-refractivity contribution is 0.123. The first-order chi connectivity index (χ1) is 7.24. The Morgan fingerprint density at radius 1 is 1.53 bits per heavy atom. The number of nitrogens with zero attached hydrogens (tertiary/aromatic N) is 2. The average Bonchev–Trinajstić information content (AvgIpc) is 2.56. The topological polar surface area (TPSA) is 29.9 Å². The van der Waals surface area contributed by atoms with E-state index in [1.165, 1.54) is 25.7 Å². The summed E-state index contributed by atoms with van der Waals surface area (Å²) in [7, 11) is 1.96. The number of hydrogen-bond acceptors (Lipinski definition) is 2. The SMILES string of the molecule is CCC1(CNCc2ccn(C)n2)CCC1. The van der Waals surface area contributed by atoms with Crippen LogP contribution in [0.2, 0.25) is 0 Å². The maximum absolute atomic E-state index is 4.35. The fraction of sp³-hybridized carbons (Fsp3) is 0.750. The zero-order valence-electron chi connectivity index (χ0n) is 9.79. The first kappa shape index (κ1) is 10.7. The van der Waals surface area contributed by atoms with Gasteiger partial charge in [-0.15, -0.1) is 0 Å². The maximum Gasteiger partial charge on any atom is 0.0762 e. The van der Waals surface area contributed by atoms with Gasteiger partial charge in [0.15, 0.2) is 0 Å². The molecule has 0 saturated heterocycles. The molecule has 2 rings (SSSR count). The lowest BCUT2D eigenvalue weighted by Gasteiger charge is -2.41. The Kier molecular flexibility index (Phi) is 3.10. The first-order valence-electron chi connectivity index (χ1n) is 5.93. The van der Waals surface area contributed by atoms with Crippen LogP contribution in [0.1, 0.15) is 38.3 Å². The predicted octanol–water partition coefficient (Wildman–Crippen LogP) is 2.09. The molecule has 0 amide bonds. The van der Waals surface area contributed by atoms with Gasteiger partial charge in [0.1, 0.15) is 0 Å². The minimum absolute atomic E-state index is 0.606. The van der Waals surface area contributed by atoms with E-state index in [1.807, 2.05) is 17.9 Å². The normalized spacial score (nSPS) is 18.8. The Morgan fingerprint density at radius 3 is 2.80 bits per heavy atom. The van der Waals surface area contributed by atoms with E-state index in [4.69, 9.17) is 0 Å². The summed E-state index contributed by atoms with van der Waals surface area (Å²) in [5.74, 6) is 0. The molecule has 1 fully saturated rings. The Morgan fingerprint density at radius 2 is 2.33 bits per heavy atom. The van der Waals surface area contributed by atoms with Gasteiger partial charge >= 0.3 is 0 Å². The van der Waals surface area contributed by atoms with Crippen LogP contribution in [0.4, 0.5) is 0 Å². The van der Waals surface area contributed by atoms with Crippen LogP contribution in [-0.4, -0.2) is 16.3 Å². The van der Waals surface area contributed by atoms with Crippen molar-refractivity contribution in [3.05, 3.63) is 18.0 Å². The second-order valence-corrected chi connectivity index (χ2v) is 4.79. The molecule has 1 heterocycles. The van der Waals surface area contributed by atoms with E-state index in [0.29, 0.717) is 5.41 Å². The van der Waals surface area contributed by atoms with Crippen LogP contribution < -0.4 is 5.32 Å². The van der Waals surface area contributed by atoms with Gasteiger partial charge in [-0.1, -0.05) is 13.3 Å². The van der Waals surface area contributed by atoms with E-state index < -0.39 is 0 Å². The molecule has 1 aliphatic carbocycles. The predicted molar refractivity (Wildman–Crippen MR) is 61.5 cm³/mol. The molecule has 84 valence electrons. The number of hydrogen-bond donors (Lipinski definition) is 1. The largest absolute Gasteiger partial charge is 0.311 e. The quantitative estimate of drug-likeness (QED) is 0.801. The third-order valence-electron chi connectivity index (χ3n) is 3.74. The number of rotatable bonds is 5. The number of aromatic nitrogens is 2. The highest BCUT2D eigenvalue weighted by molar-refractivity contribution is 4.98. The van der Waals surface area contributed by atoms with Gasteiger partial charge < -0.3 is 5.32 Å². The fourth-order valence-electron chi connectivity index (χ4n) is 2.35. The molecule has 1 aromatic heterocycles. The maximum atomic E-state index is 4.35. The van der Waals surface area contributed by atoms with Crippen molar-refractivity contribution in [1.82, 2.24) is 15.1 Å². The second kappa shape index (κ2) is 4.35. The van der Waals surface area contributed by atoms with Gasteiger partial charge in [-0.25, -0.2) is 0 Å². The van der Waals surface area contributed by atoms with Crippen LogP contribution in [-0.2, 0) is 13.6 Å². The number of aryl methyl sites for hydroxylation is 1. The summed E-state index contributed by atoms with van der Waals surface area (Å²) >= 11 is 0. The molecule has 0 aliphatic heterocycles. The van der Waals surface area contributed by atoms with Crippen LogP contribution in [0.25, 0.3) is 0 Å². The molecular weight excluding hydrogens is 186 g/mol. The van der Waals surface area contributed by atoms with Crippen LogP contribution in [0.3, 0.4) is 0 Å². The van der Waals surface area contributed by atoms with Crippen molar-refractivity contribution < 1.29 is 0 Å². The zero-order valence-corrected chi connectivity index (χ0v) is 9.79. The summed E-state index contributed by atoms with van der Waals surface area (Å²) in [5.41, 5.74) is 1.75. The first-order valence-corrected chi connectivity index (χ1v) is 5.93. The summed E-state index contributed by atoms with van der Waals surface area (Å²) in [5, 5.41) is 7.89. The third-order valence-corrected chi connectivity index (χ3v) is 3.74. The van der Waals surface area contributed by atoms with Crippen molar-refractivity contribution in [2.75, 3.05) is 6.54 Å². The molecule has 1 aromatic rings. The second-order valence-electron chi connectivity index (χ2n) is 4.79. The van der Waals surface area contributed by atoms with E-state index in [9.17, 15) is 0 Å². The van der Waals surface area contributed by atoms with Crippen molar-refractivity contribution in [3.63, 3.8) is 0 Å². The van der Waals surface area contributed by atoms with E-state index in [1.54, 1.807) is 0 Å². The van der Waals surface area contributed by atoms with E-state index >= 15 is 0 Å². The molecule has 0 atom stereocenters. The molecule has 0 radical (unpaired) electrons. The Hall–Kier alpha value is -0.830. The molecule has 15 heavy (non-hydrogen) atoms.